The lowest BCUT2D eigenvalue weighted by Crippen LogP contribution is -2.55. The Morgan fingerprint density at radius 3 is 2.37 bits per heavy atom. The molecule has 12 heteroatoms. The Kier molecular flexibility index (Phi) is 13.6. The molecule has 0 bridgehead atoms. The zero-order valence-corrected chi connectivity index (χ0v) is 25.7. The van der Waals surface area contributed by atoms with E-state index >= 15 is 0 Å². The van der Waals surface area contributed by atoms with Gasteiger partial charge in [-0.05, 0) is 63.1 Å². The van der Waals surface area contributed by atoms with Crippen LogP contribution in [-0.2, 0) is 24.0 Å². The van der Waals surface area contributed by atoms with E-state index < -0.39 is 47.1 Å². The Labute approximate surface area is 253 Å². The number of amides is 4. The van der Waals surface area contributed by atoms with E-state index in [0.29, 0.717) is 44.2 Å². The third kappa shape index (κ3) is 11.0. The van der Waals surface area contributed by atoms with Crippen molar-refractivity contribution in [1.82, 2.24) is 26.6 Å². The minimum Gasteiger partial charge on any atom is -0.386 e. The first-order valence-electron chi connectivity index (χ1n) is 14.9. The summed E-state index contributed by atoms with van der Waals surface area (Å²) in [5.41, 5.74) is 4.74. The van der Waals surface area contributed by atoms with Gasteiger partial charge in [-0.15, -0.1) is 0 Å². The van der Waals surface area contributed by atoms with Crippen molar-refractivity contribution < 1.29 is 28.4 Å². The van der Waals surface area contributed by atoms with Crippen molar-refractivity contribution in [3.05, 3.63) is 48.0 Å². The van der Waals surface area contributed by atoms with E-state index in [1.54, 1.807) is 27.7 Å². The lowest BCUT2D eigenvalue weighted by molar-refractivity contribution is -0.137. The van der Waals surface area contributed by atoms with Crippen molar-refractivity contribution in [3.63, 3.8) is 0 Å². The number of nitrogens with one attached hydrogen (secondary N) is 5. The molecular weight excluding hydrogens is 555 g/mol. The Balaban J connectivity index is 2.42. The van der Waals surface area contributed by atoms with Crippen LogP contribution in [0.25, 0.3) is 0 Å². The van der Waals surface area contributed by atoms with Gasteiger partial charge in [0.25, 0.3) is 0 Å². The maximum atomic E-state index is 13.8. The second-order valence-corrected chi connectivity index (χ2v) is 11.6. The Bertz CT molecular complexity index is 1160. The van der Waals surface area contributed by atoms with Crippen molar-refractivity contribution in [2.45, 2.75) is 90.3 Å². The number of hydrogen-bond donors (Lipinski definition) is 6. The summed E-state index contributed by atoms with van der Waals surface area (Å²) in [4.78, 5) is 66.6. The van der Waals surface area contributed by atoms with Gasteiger partial charge in [-0.1, -0.05) is 39.5 Å². The van der Waals surface area contributed by atoms with Gasteiger partial charge < -0.3 is 32.3 Å². The minimum absolute atomic E-state index is 0.142. The molecule has 1 aliphatic rings. The summed E-state index contributed by atoms with van der Waals surface area (Å²) in [5, 5.41) is 14.1. The highest BCUT2D eigenvalue weighted by atomic mass is 19.1. The molecule has 0 radical (unpaired) electrons. The summed E-state index contributed by atoms with van der Waals surface area (Å²) < 4.78 is 13.6. The first-order valence-corrected chi connectivity index (χ1v) is 14.9. The molecule has 0 spiro atoms. The Hall–Kier alpha value is -3.96. The normalized spacial score (nSPS) is 24.5. The van der Waals surface area contributed by atoms with E-state index in [9.17, 15) is 28.4 Å². The number of rotatable bonds is 9. The fraction of sp³-hybridized carbons (Fsp3) is 0.581. The van der Waals surface area contributed by atoms with Gasteiger partial charge in [-0.25, -0.2) is 4.39 Å². The second kappa shape index (κ2) is 16.6. The number of hydrogen-bond acceptors (Lipinski definition) is 7. The first-order chi connectivity index (χ1) is 20.3. The van der Waals surface area contributed by atoms with Gasteiger partial charge in [-0.2, -0.15) is 0 Å². The zero-order chi connectivity index (χ0) is 32.2. The molecule has 1 aliphatic heterocycles. The molecule has 238 valence electrons. The van der Waals surface area contributed by atoms with Crippen LogP contribution < -0.4 is 32.3 Å². The molecule has 0 aliphatic carbocycles. The molecule has 1 heterocycles. The summed E-state index contributed by atoms with van der Waals surface area (Å²) >= 11 is 0. The highest BCUT2D eigenvalue weighted by Crippen LogP contribution is 2.24. The number of carbonyl (C=O) groups is 5. The Morgan fingerprint density at radius 1 is 1.09 bits per heavy atom. The average molecular weight is 603 g/mol. The van der Waals surface area contributed by atoms with Gasteiger partial charge in [-0.3, -0.25) is 24.0 Å². The number of ketones is 1. The number of halogens is 1. The molecule has 2 rings (SSSR count). The van der Waals surface area contributed by atoms with E-state index in [1.165, 1.54) is 24.3 Å². The molecule has 1 fully saturated rings. The number of nitrogens with two attached hydrogens (primary N) is 1. The summed E-state index contributed by atoms with van der Waals surface area (Å²) in [6, 6.07) is 3.14. The first kappa shape index (κ1) is 35.2. The molecule has 1 aromatic carbocycles. The van der Waals surface area contributed by atoms with Crippen LogP contribution in [0.3, 0.4) is 0 Å². The minimum atomic E-state index is -1.23. The molecule has 1 saturated heterocycles. The molecule has 11 nitrogen and oxygen atoms in total. The monoisotopic (exact) mass is 602 g/mol. The van der Waals surface area contributed by atoms with Crippen molar-refractivity contribution in [1.29, 1.82) is 0 Å². The van der Waals surface area contributed by atoms with E-state index in [-0.39, 0.29) is 42.8 Å². The average Bonchev–Trinajstić information content (AvgIpc) is 2.95. The maximum Gasteiger partial charge on any atom is 0.247 e. The molecule has 0 saturated carbocycles. The van der Waals surface area contributed by atoms with E-state index in [0.717, 1.165) is 0 Å². The van der Waals surface area contributed by atoms with Crippen molar-refractivity contribution in [2.24, 2.45) is 17.6 Å². The number of Topliss-reactive ketones (excluding diaryl/α,β-unsaturated/α-hetero) is 1. The molecular formula is C31H47FN6O5. The van der Waals surface area contributed by atoms with Crippen LogP contribution in [0.4, 0.5) is 4.39 Å². The lowest BCUT2D eigenvalue weighted by atomic mass is 9.83. The van der Waals surface area contributed by atoms with Gasteiger partial charge in [0.1, 0.15) is 17.9 Å². The molecule has 4 atom stereocenters. The standard InChI is InChI=1S/C31H47FN6O5/c1-6-24-29(42)37-26(21-11-13-23(32)14-12-21)30(43)35-16-8-7-15-31(5,38-27(40)19(2)3)25(39)18-22(28(41)36-24)10-9-17-34-20(4)33/h11-14,19,22,24,26,34H,4,6-10,15-18,33H2,1-3,5H3,(H,35,43)(H,36,41)(H,37,42)(H,38,40)/t22-,24+,26-,31-/m1/s1. The van der Waals surface area contributed by atoms with Crippen LogP contribution >= 0.6 is 0 Å². The Morgan fingerprint density at radius 2 is 1.77 bits per heavy atom. The molecule has 43 heavy (non-hydrogen) atoms. The third-order valence-electron chi connectivity index (χ3n) is 7.62. The van der Waals surface area contributed by atoms with Gasteiger partial charge in [0.2, 0.25) is 23.6 Å². The van der Waals surface area contributed by atoms with E-state index in [1.807, 2.05) is 0 Å². The van der Waals surface area contributed by atoms with E-state index in [4.69, 9.17) is 5.73 Å². The lowest BCUT2D eigenvalue weighted by Gasteiger charge is -2.32. The fourth-order valence-electron chi connectivity index (χ4n) is 4.82. The topological polar surface area (TPSA) is 172 Å². The van der Waals surface area contributed by atoms with Gasteiger partial charge in [0.05, 0.1) is 11.4 Å². The molecule has 0 unspecified atom stereocenters. The predicted octanol–water partition coefficient (Wildman–Crippen LogP) is 2.08. The molecule has 0 aromatic heterocycles. The summed E-state index contributed by atoms with van der Waals surface area (Å²) in [7, 11) is 0. The van der Waals surface area contributed by atoms with Gasteiger partial charge in [0.15, 0.2) is 5.78 Å². The van der Waals surface area contributed by atoms with Crippen LogP contribution in [0, 0.1) is 17.7 Å². The fourth-order valence-corrected chi connectivity index (χ4v) is 4.82. The zero-order valence-electron chi connectivity index (χ0n) is 25.7. The highest BCUT2D eigenvalue weighted by molar-refractivity contribution is 5.97. The molecule has 4 amide bonds. The quantitative estimate of drug-likeness (QED) is 0.235. The number of benzene rings is 1. The molecule has 1 aromatic rings. The van der Waals surface area contributed by atoms with Crippen LogP contribution in [0.15, 0.2) is 36.7 Å². The summed E-state index contributed by atoms with van der Waals surface area (Å²) in [6.07, 6.45) is 2.16. The highest BCUT2D eigenvalue weighted by Gasteiger charge is 2.38. The van der Waals surface area contributed by atoms with Crippen LogP contribution in [0.5, 0.6) is 0 Å². The largest absolute Gasteiger partial charge is 0.386 e. The molecule has 7 N–H and O–H groups in total. The summed E-state index contributed by atoms with van der Waals surface area (Å²) in [6.45, 7) is 11.1. The van der Waals surface area contributed by atoms with Crippen LogP contribution in [0.2, 0.25) is 0 Å². The van der Waals surface area contributed by atoms with Gasteiger partial charge >= 0.3 is 0 Å². The maximum absolute atomic E-state index is 13.8. The van der Waals surface area contributed by atoms with Crippen molar-refractivity contribution in [2.75, 3.05) is 13.1 Å². The van der Waals surface area contributed by atoms with Crippen LogP contribution in [0.1, 0.15) is 84.2 Å². The summed E-state index contributed by atoms with van der Waals surface area (Å²) in [5.74, 6) is -3.49. The van der Waals surface area contributed by atoms with Crippen molar-refractivity contribution >= 4 is 29.4 Å². The SMILES string of the molecule is C=C(N)NCCC[C@@H]1CC(=O)[C@](C)(NC(=O)C(C)C)CCCCNC(=O)[C@@H](c2ccc(F)cc2)NC(=O)[C@H](CC)NC1=O. The van der Waals surface area contributed by atoms with Gasteiger partial charge in [0, 0.05) is 31.3 Å². The smallest absolute Gasteiger partial charge is 0.247 e. The second-order valence-electron chi connectivity index (χ2n) is 11.6. The van der Waals surface area contributed by atoms with Crippen LogP contribution in [-0.4, -0.2) is 54.1 Å². The number of carbonyl (C=O) groups excluding carboxylic acids is 5. The van der Waals surface area contributed by atoms with Crippen molar-refractivity contribution in [3.8, 4) is 0 Å². The predicted molar refractivity (Wildman–Crippen MR) is 161 cm³/mol. The van der Waals surface area contributed by atoms with E-state index in [2.05, 4.69) is 33.2 Å². The third-order valence-corrected chi connectivity index (χ3v) is 7.62.